The van der Waals surface area contributed by atoms with Crippen LogP contribution in [0.4, 0.5) is 0 Å². The summed E-state index contributed by atoms with van der Waals surface area (Å²) in [4.78, 5) is 30.2. The minimum absolute atomic E-state index is 0.0304. The van der Waals surface area contributed by atoms with Gasteiger partial charge in [0.2, 0.25) is 0 Å². The highest BCUT2D eigenvalue weighted by atomic mass is 16.4. The van der Waals surface area contributed by atoms with Crippen molar-refractivity contribution in [1.82, 2.24) is 20.2 Å². The molecule has 2 aliphatic carbocycles. The van der Waals surface area contributed by atoms with Crippen molar-refractivity contribution in [2.45, 2.75) is 56.7 Å². The van der Waals surface area contributed by atoms with Gasteiger partial charge in [0.25, 0.3) is 5.91 Å². The molecule has 0 spiro atoms. The largest absolute Gasteiger partial charge is 0.508 e. The third-order valence-electron chi connectivity index (χ3n) is 7.82. The lowest BCUT2D eigenvalue weighted by Crippen LogP contribution is -2.41. The van der Waals surface area contributed by atoms with Crippen molar-refractivity contribution in [3.63, 3.8) is 0 Å². The van der Waals surface area contributed by atoms with Gasteiger partial charge in [-0.05, 0) is 61.0 Å². The molecule has 3 aromatic rings. The van der Waals surface area contributed by atoms with Crippen LogP contribution in [0.25, 0.3) is 22.4 Å². The number of nitrogens with zero attached hydrogens (tertiary/aromatic N) is 2. The van der Waals surface area contributed by atoms with E-state index in [9.17, 15) is 19.8 Å². The molecule has 0 bridgehead atoms. The van der Waals surface area contributed by atoms with E-state index in [1.165, 1.54) is 19.3 Å². The summed E-state index contributed by atoms with van der Waals surface area (Å²) in [5.41, 5.74) is 3.68. The molecule has 3 aliphatic rings. The molecule has 1 fully saturated rings. The van der Waals surface area contributed by atoms with Crippen LogP contribution in [0, 0.1) is 5.92 Å². The monoisotopic (exact) mass is 514 g/mol. The Morgan fingerprint density at radius 2 is 2.05 bits per heavy atom. The van der Waals surface area contributed by atoms with E-state index in [1.54, 1.807) is 43.0 Å². The summed E-state index contributed by atoms with van der Waals surface area (Å²) >= 11 is 0. The first-order valence-electron chi connectivity index (χ1n) is 13.1. The lowest BCUT2D eigenvalue weighted by molar-refractivity contribution is -0.139. The summed E-state index contributed by atoms with van der Waals surface area (Å²) in [7, 11) is 0. The maximum absolute atomic E-state index is 13.2. The van der Waals surface area contributed by atoms with Crippen molar-refractivity contribution >= 4 is 22.9 Å². The smallest absolute Gasteiger partial charge is 0.326 e. The number of furan rings is 1. The lowest BCUT2D eigenvalue weighted by Gasteiger charge is -2.25. The number of fused-ring (bicyclic) bond motifs is 2. The van der Waals surface area contributed by atoms with Gasteiger partial charge in [-0.1, -0.05) is 25.3 Å². The Kier molecular flexibility index (Phi) is 6.27. The van der Waals surface area contributed by atoms with E-state index in [4.69, 9.17) is 9.40 Å². The number of nitrogens with one attached hydrogen (secondary N) is 2. The highest BCUT2D eigenvalue weighted by Crippen LogP contribution is 2.36. The molecule has 38 heavy (non-hydrogen) atoms. The Bertz CT molecular complexity index is 1460. The van der Waals surface area contributed by atoms with Crippen LogP contribution < -0.4 is 10.6 Å². The number of benzene rings is 1. The SMILES string of the molecule is O=C(N[C@@H](CC1=CNC2C=CC(O)=CC12)C(=O)O)c1ccc2c(c1)nc(-c1ccoc1)n2C1CCCCC1. The van der Waals surface area contributed by atoms with Gasteiger partial charge in [-0.25, -0.2) is 9.78 Å². The molecule has 9 heteroatoms. The van der Waals surface area contributed by atoms with Crippen LogP contribution in [0.5, 0.6) is 0 Å². The molecule has 2 aromatic heterocycles. The van der Waals surface area contributed by atoms with Gasteiger partial charge in [0.15, 0.2) is 0 Å². The summed E-state index contributed by atoms with van der Waals surface area (Å²) in [6.45, 7) is 0. The minimum atomic E-state index is -1.12. The van der Waals surface area contributed by atoms with E-state index in [2.05, 4.69) is 15.2 Å². The number of imidazole rings is 1. The van der Waals surface area contributed by atoms with Gasteiger partial charge in [-0.2, -0.15) is 0 Å². The summed E-state index contributed by atoms with van der Waals surface area (Å²) in [6, 6.07) is 6.43. The maximum Gasteiger partial charge on any atom is 0.326 e. The summed E-state index contributed by atoms with van der Waals surface area (Å²) in [6.07, 6.45) is 16.1. The normalized spacial score (nSPS) is 21.9. The van der Waals surface area contributed by atoms with E-state index in [1.807, 2.05) is 18.2 Å². The number of aliphatic hydroxyl groups excluding tert-OH is 1. The van der Waals surface area contributed by atoms with Gasteiger partial charge in [-0.3, -0.25) is 4.79 Å². The van der Waals surface area contributed by atoms with Crippen molar-refractivity contribution in [2.24, 2.45) is 5.92 Å². The average molecular weight is 515 g/mol. The van der Waals surface area contributed by atoms with Crippen LogP contribution in [0.3, 0.4) is 0 Å². The van der Waals surface area contributed by atoms with E-state index < -0.39 is 17.9 Å². The molecule has 9 nitrogen and oxygen atoms in total. The molecule has 6 rings (SSSR count). The van der Waals surface area contributed by atoms with Crippen LogP contribution in [0.15, 0.2) is 77.0 Å². The van der Waals surface area contributed by atoms with Gasteiger partial charge in [0.05, 0.1) is 28.9 Å². The van der Waals surface area contributed by atoms with Gasteiger partial charge < -0.3 is 29.8 Å². The van der Waals surface area contributed by atoms with Crippen LogP contribution in [-0.2, 0) is 4.79 Å². The van der Waals surface area contributed by atoms with E-state index in [0.29, 0.717) is 17.1 Å². The highest BCUT2D eigenvalue weighted by Gasteiger charge is 2.33. The Morgan fingerprint density at radius 1 is 1.21 bits per heavy atom. The van der Waals surface area contributed by atoms with Gasteiger partial charge in [0.1, 0.15) is 23.9 Å². The first-order chi connectivity index (χ1) is 18.5. The number of carbonyl (C=O) groups is 2. The minimum Gasteiger partial charge on any atom is -0.508 e. The molecule has 3 atom stereocenters. The average Bonchev–Trinajstić information content (AvgIpc) is 3.67. The van der Waals surface area contributed by atoms with Crippen molar-refractivity contribution in [3.05, 3.63) is 78.1 Å². The number of amides is 1. The third-order valence-corrected chi connectivity index (χ3v) is 7.82. The second kappa shape index (κ2) is 9.89. The zero-order valence-electron chi connectivity index (χ0n) is 20.8. The van der Waals surface area contributed by atoms with Crippen molar-refractivity contribution < 1.29 is 24.2 Å². The molecular formula is C29H30N4O5. The number of hydrogen-bond acceptors (Lipinski definition) is 6. The number of aliphatic hydroxyl groups is 1. The first-order valence-corrected chi connectivity index (χ1v) is 13.1. The molecule has 1 saturated carbocycles. The predicted molar refractivity (Wildman–Crippen MR) is 141 cm³/mol. The van der Waals surface area contributed by atoms with Crippen LogP contribution >= 0.6 is 0 Å². The quantitative estimate of drug-likeness (QED) is 0.354. The molecule has 4 N–H and O–H groups in total. The van der Waals surface area contributed by atoms with E-state index in [-0.39, 0.29) is 24.1 Å². The standard InChI is InChI=1S/C29H30N4O5/c34-21-7-8-23-22(14-21)19(15-30-23)13-25(29(36)37)32-28(35)17-6-9-26-24(12-17)31-27(18-10-11-38-16-18)33(26)20-4-2-1-3-5-20/h6-12,14-16,20,22-23,25,30,34H,1-5,13H2,(H,32,35)(H,36,37)/t22?,23?,25-/m0/s1. The Hall–Kier alpha value is -4.27. The second-order valence-electron chi connectivity index (χ2n) is 10.3. The van der Waals surface area contributed by atoms with Crippen LogP contribution in [0.1, 0.15) is 54.9 Å². The van der Waals surface area contributed by atoms with Gasteiger partial charge in [0, 0.05) is 23.9 Å². The molecule has 0 radical (unpaired) electrons. The van der Waals surface area contributed by atoms with Gasteiger partial charge in [-0.15, -0.1) is 0 Å². The second-order valence-corrected chi connectivity index (χ2v) is 10.3. The van der Waals surface area contributed by atoms with Crippen LogP contribution in [0.2, 0.25) is 0 Å². The summed E-state index contributed by atoms with van der Waals surface area (Å²) in [5.74, 6) is -0.782. The number of carbonyl (C=O) groups excluding carboxylic acids is 1. The molecule has 2 unspecified atom stereocenters. The number of carboxylic acid groups (broad SMARTS) is 1. The lowest BCUT2D eigenvalue weighted by atomic mass is 9.87. The Morgan fingerprint density at radius 3 is 2.82 bits per heavy atom. The Labute approximate surface area is 219 Å². The number of allylic oxidation sites excluding steroid dienone is 1. The number of rotatable bonds is 7. The topological polar surface area (TPSA) is 130 Å². The van der Waals surface area contributed by atoms with Crippen LogP contribution in [-0.4, -0.2) is 43.7 Å². The molecule has 3 heterocycles. The molecule has 0 saturated heterocycles. The number of hydrogen-bond donors (Lipinski definition) is 4. The number of aromatic nitrogens is 2. The zero-order valence-corrected chi connectivity index (χ0v) is 20.8. The Balaban J connectivity index is 1.25. The van der Waals surface area contributed by atoms with E-state index in [0.717, 1.165) is 35.3 Å². The fourth-order valence-electron chi connectivity index (χ4n) is 5.88. The van der Waals surface area contributed by atoms with Crippen molar-refractivity contribution in [1.29, 1.82) is 0 Å². The number of aliphatic carboxylic acids is 1. The fourth-order valence-corrected chi connectivity index (χ4v) is 5.88. The highest BCUT2D eigenvalue weighted by molar-refractivity contribution is 5.99. The molecular weight excluding hydrogens is 484 g/mol. The van der Waals surface area contributed by atoms with E-state index >= 15 is 0 Å². The molecule has 196 valence electrons. The molecule has 1 aliphatic heterocycles. The van der Waals surface area contributed by atoms with Gasteiger partial charge >= 0.3 is 5.97 Å². The molecule has 1 aromatic carbocycles. The summed E-state index contributed by atoms with van der Waals surface area (Å²) in [5, 5.41) is 25.6. The zero-order chi connectivity index (χ0) is 26.2. The molecule has 1 amide bonds. The predicted octanol–water partition coefficient (Wildman–Crippen LogP) is 4.86. The fraction of sp³-hybridized carbons (Fsp3) is 0.345. The summed E-state index contributed by atoms with van der Waals surface area (Å²) < 4.78 is 7.59. The maximum atomic E-state index is 13.2. The van der Waals surface area contributed by atoms with Crippen molar-refractivity contribution in [3.8, 4) is 11.4 Å². The first kappa shape index (κ1) is 24.1. The number of carboxylic acids is 1. The third kappa shape index (κ3) is 4.49. The van der Waals surface area contributed by atoms with Crippen molar-refractivity contribution in [2.75, 3.05) is 0 Å².